The Bertz CT molecular complexity index is 1380. The fraction of sp³-hybridized carbons (Fsp3) is 0.625. The molecule has 0 aromatic heterocycles. The monoisotopic (exact) mass is 610 g/mol. The summed E-state index contributed by atoms with van der Waals surface area (Å²) in [6, 6.07) is 16.7. The molecule has 2 aromatic rings. The standard InChI is InChI=1S/C40H54N2O3/c1-27(2)12-11-13-28(3)33-20-21-34-32-19-18-29-26-31(22-24-39(29,4)35(32)23-25-40(33,34)5)44-38(43)45-37-17-10-9-16-36(37)42-41-30-14-7-6-8-15-30/h6-10,14-18,27-28,31-35H,11-13,19-26H2,1-5H3/t28-,31?,32?,33-,34?,35?,39+,40-/m1/s1. The minimum Gasteiger partial charge on any atom is -0.430 e. The van der Waals surface area contributed by atoms with Crippen LogP contribution < -0.4 is 4.74 Å². The van der Waals surface area contributed by atoms with Crippen LogP contribution in [-0.2, 0) is 4.74 Å². The van der Waals surface area contributed by atoms with Crippen LogP contribution in [0, 0.1) is 46.3 Å². The van der Waals surface area contributed by atoms with Gasteiger partial charge in [0.05, 0.1) is 5.69 Å². The molecule has 6 rings (SSSR count). The summed E-state index contributed by atoms with van der Waals surface area (Å²) in [6.45, 7) is 12.5. The van der Waals surface area contributed by atoms with Crippen LogP contribution in [0.25, 0.3) is 0 Å². The normalized spacial score (nSPS) is 33.2. The third-order valence-corrected chi connectivity index (χ3v) is 12.6. The zero-order chi connectivity index (χ0) is 31.6. The van der Waals surface area contributed by atoms with Gasteiger partial charge in [0.2, 0.25) is 0 Å². The lowest BCUT2D eigenvalue weighted by Crippen LogP contribution is -2.51. The summed E-state index contributed by atoms with van der Waals surface area (Å²) in [5, 5.41) is 8.61. The Balaban J connectivity index is 1.07. The van der Waals surface area contributed by atoms with E-state index < -0.39 is 6.16 Å². The van der Waals surface area contributed by atoms with Gasteiger partial charge in [-0.2, -0.15) is 5.11 Å². The largest absolute Gasteiger partial charge is 0.514 e. The summed E-state index contributed by atoms with van der Waals surface area (Å²) in [6.07, 6.45) is 15.5. The number of carbonyl (C=O) groups excluding carboxylic acids is 1. The summed E-state index contributed by atoms with van der Waals surface area (Å²) in [7, 11) is 0. The molecular formula is C40H54N2O3. The van der Waals surface area contributed by atoms with E-state index in [4.69, 9.17) is 9.47 Å². The quantitative estimate of drug-likeness (QED) is 0.123. The number of nitrogens with zero attached hydrogens (tertiary/aromatic N) is 2. The highest BCUT2D eigenvalue weighted by molar-refractivity contribution is 5.67. The Morgan fingerprint density at radius 1 is 0.889 bits per heavy atom. The van der Waals surface area contributed by atoms with E-state index in [2.05, 4.69) is 50.9 Å². The van der Waals surface area contributed by atoms with Crippen LogP contribution in [0.3, 0.4) is 0 Å². The van der Waals surface area contributed by atoms with Gasteiger partial charge in [0, 0.05) is 6.42 Å². The molecule has 0 heterocycles. The Morgan fingerprint density at radius 2 is 1.67 bits per heavy atom. The first-order chi connectivity index (χ1) is 21.7. The topological polar surface area (TPSA) is 60.2 Å². The maximum absolute atomic E-state index is 13.0. The first-order valence-electron chi connectivity index (χ1n) is 17.8. The predicted molar refractivity (Wildman–Crippen MR) is 181 cm³/mol. The molecule has 8 atom stereocenters. The van der Waals surface area contributed by atoms with E-state index >= 15 is 0 Å². The lowest BCUT2D eigenvalue weighted by Gasteiger charge is -2.58. The molecule has 4 aliphatic rings. The molecule has 5 nitrogen and oxygen atoms in total. The molecule has 3 saturated carbocycles. The molecule has 242 valence electrons. The van der Waals surface area contributed by atoms with Crippen molar-refractivity contribution in [3.05, 3.63) is 66.2 Å². The second kappa shape index (κ2) is 13.4. The molecule has 2 aromatic carbocycles. The van der Waals surface area contributed by atoms with E-state index in [0.29, 0.717) is 16.9 Å². The summed E-state index contributed by atoms with van der Waals surface area (Å²) < 4.78 is 11.6. The molecule has 0 aliphatic heterocycles. The first kappa shape index (κ1) is 32.0. The lowest BCUT2D eigenvalue weighted by atomic mass is 9.47. The van der Waals surface area contributed by atoms with Crippen molar-refractivity contribution in [1.29, 1.82) is 0 Å². The van der Waals surface area contributed by atoms with Crippen molar-refractivity contribution in [2.45, 2.75) is 111 Å². The van der Waals surface area contributed by atoms with E-state index in [9.17, 15) is 4.79 Å². The van der Waals surface area contributed by atoms with Crippen molar-refractivity contribution in [3.8, 4) is 5.75 Å². The summed E-state index contributed by atoms with van der Waals surface area (Å²) in [5.41, 5.74) is 3.48. The highest BCUT2D eigenvalue weighted by Gasteiger charge is 2.59. The lowest BCUT2D eigenvalue weighted by molar-refractivity contribution is -0.0597. The van der Waals surface area contributed by atoms with Gasteiger partial charge in [-0.05, 0) is 116 Å². The van der Waals surface area contributed by atoms with Crippen LogP contribution in [0.15, 0.2) is 76.5 Å². The Morgan fingerprint density at radius 3 is 2.47 bits per heavy atom. The second-order valence-corrected chi connectivity index (χ2v) is 15.6. The van der Waals surface area contributed by atoms with Gasteiger partial charge < -0.3 is 9.47 Å². The van der Waals surface area contributed by atoms with Crippen molar-refractivity contribution in [2.75, 3.05) is 0 Å². The van der Waals surface area contributed by atoms with Crippen molar-refractivity contribution in [2.24, 2.45) is 56.6 Å². The number of hydrogen-bond acceptors (Lipinski definition) is 5. The average molecular weight is 611 g/mol. The van der Waals surface area contributed by atoms with Crippen LogP contribution >= 0.6 is 0 Å². The zero-order valence-corrected chi connectivity index (χ0v) is 28.2. The summed E-state index contributed by atoms with van der Waals surface area (Å²) in [4.78, 5) is 13.0. The number of para-hydroxylation sites is 1. The van der Waals surface area contributed by atoms with Crippen LogP contribution in [0.2, 0.25) is 0 Å². The Kier molecular flexibility index (Phi) is 9.54. The van der Waals surface area contributed by atoms with E-state index in [1.165, 1.54) is 56.9 Å². The molecule has 0 saturated heterocycles. The number of fused-ring (bicyclic) bond motifs is 5. The second-order valence-electron chi connectivity index (χ2n) is 15.6. The Hall–Kier alpha value is -2.95. The van der Waals surface area contributed by atoms with Gasteiger partial charge in [-0.25, -0.2) is 4.79 Å². The van der Waals surface area contributed by atoms with E-state index in [1.54, 1.807) is 12.1 Å². The molecule has 4 aliphatic carbocycles. The number of allylic oxidation sites excluding steroid dienone is 1. The number of azo groups is 1. The molecule has 45 heavy (non-hydrogen) atoms. The van der Waals surface area contributed by atoms with Gasteiger partial charge in [0.1, 0.15) is 11.8 Å². The van der Waals surface area contributed by atoms with Crippen LogP contribution in [0.1, 0.15) is 105 Å². The molecule has 0 N–H and O–H groups in total. The van der Waals surface area contributed by atoms with E-state index in [1.807, 2.05) is 42.5 Å². The van der Waals surface area contributed by atoms with Crippen molar-refractivity contribution in [1.82, 2.24) is 0 Å². The number of carbonyl (C=O) groups is 1. The maximum Gasteiger partial charge on any atom is 0.514 e. The minimum atomic E-state index is -0.659. The summed E-state index contributed by atoms with van der Waals surface area (Å²) in [5.74, 6) is 5.30. The molecule has 0 bridgehead atoms. The molecule has 4 unspecified atom stereocenters. The third-order valence-electron chi connectivity index (χ3n) is 12.6. The highest BCUT2D eigenvalue weighted by atomic mass is 16.7. The van der Waals surface area contributed by atoms with Crippen LogP contribution in [-0.4, -0.2) is 12.3 Å². The van der Waals surface area contributed by atoms with Gasteiger partial charge >= 0.3 is 6.16 Å². The summed E-state index contributed by atoms with van der Waals surface area (Å²) >= 11 is 0. The molecular weight excluding hydrogens is 556 g/mol. The number of ether oxygens (including phenoxy) is 2. The number of benzene rings is 2. The minimum absolute atomic E-state index is 0.150. The van der Waals surface area contributed by atoms with Crippen LogP contribution in [0.5, 0.6) is 5.75 Å². The van der Waals surface area contributed by atoms with Gasteiger partial charge in [-0.1, -0.05) is 95.9 Å². The van der Waals surface area contributed by atoms with E-state index in [0.717, 1.165) is 60.5 Å². The predicted octanol–water partition coefficient (Wildman–Crippen LogP) is 12.0. The Labute approximate surface area is 271 Å². The number of hydrogen-bond donors (Lipinski definition) is 0. The van der Waals surface area contributed by atoms with Gasteiger partial charge in [-0.3, -0.25) is 0 Å². The molecule has 0 radical (unpaired) electrons. The van der Waals surface area contributed by atoms with Crippen molar-refractivity contribution in [3.63, 3.8) is 0 Å². The highest BCUT2D eigenvalue weighted by Crippen LogP contribution is 2.67. The molecule has 5 heteroatoms. The van der Waals surface area contributed by atoms with Crippen molar-refractivity contribution < 1.29 is 14.3 Å². The van der Waals surface area contributed by atoms with Gasteiger partial charge in [-0.15, -0.1) is 5.11 Å². The zero-order valence-electron chi connectivity index (χ0n) is 28.2. The first-order valence-corrected chi connectivity index (χ1v) is 17.8. The fourth-order valence-electron chi connectivity index (χ4n) is 10.2. The molecule has 3 fully saturated rings. The fourth-order valence-corrected chi connectivity index (χ4v) is 10.2. The van der Waals surface area contributed by atoms with E-state index in [-0.39, 0.29) is 11.5 Å². The van der Waals surface area contributed by atoms with Gasteiger partial charge in [0.25, 0.3) is 0 Å². The third kappa shape index (κ3) is 6.65. The smallest absolute Gasteiger partial charge is 0.430 e. The van der Waals surface area contributed by atoms with Crippen molar-refractivity contribution >= 4 is 17.5 Å². The molecule has 0 spiro atoms. The number of rotatable bonds is 9. The average Bonchev–Trinajstić information content (AvgIpc) is 3.38. The SMILES string of the molecule is CC(C)CCC[C@@H](C)[C@H]1CCC2C3CC=C4CC(OC(=O)Oc5ccccc5N=Nc5ccccc5)CC[C@]4(C)C3CC[C@@]21C. The van der Waals surface area contributed by atoms with Gasteiger partial charge in [0.15, 0.2) is 5.75 Å². The maximum atomic E-state index is 13.0. The van der Waals surface area contributed by atoms with Crippen LogP contribution in [0.4, 0.5) is 16.2 Å². The molecule has 0 amide bonds.